The Morgan fingerprint density at radius 2 is 1.60 bits per heavy atom. The highest BCUT2D eigenvalue weighted by atomic mass is 32.2. The van der Waals surface area contributed by atoms with Gasteiger partial charge in [-0.2, -0.15) is 0 Å². The molecule has 0 aliphatic heterocycles. The maximum atomic E-state index is 12.8. The summed E-state index contributed by atoms with van der Waals surface area (Å²) < 4.78 is 27.5. The van der Waals surface area contributed by atoms with Crippen molar-refractivity contribution in [1.29, 1.82) is 0 Å². The molecule has 0 bridgehead atoms. The summed E-state index contributed by atoms with van der Waals surface area (Å²) >= 11 is 1.24. The molecule has 4 rings (SSSR count). The zero-order chi connectivity index (χ0) is 28.9. The molecule has 0 radical (unpaired) electrons. The Hall–Kier alpha value is -4.00. The Balaban J connectivity index is 1.49. The highest BCUT2D eigenvalue weighted by Crippen LogP contribution is 2.23. The van der Waals surface area contributed by atoms with Gasteiger partial charge in [0.1, 0.15) is 0 Å². The van der Waals surface area contributed by atoms with E-state index in [1.807, 2.05) is 66.9 Å². The molecule has 0 spiro atoms. The van der Waals surface area contributed by atoms with Crippen LogP contribution in [0.1, 0.15) is 27.3 Å². The SMILES string of the molecule is Cc1cccc(NC(=O)CSc2nnc(CNC(=O)c3ccc(S(=O)(=O)N(C)C)cc3)n2-c2cccc(C)c2)c1. The summed E-state index contributed by atoms with van der Waals surface area (Å²) in [5.74, 6) is 0.0302. The fraction of sp³-hybridized carbons (Fsp3) is 0.214. The molecule has 2 amide bonds. The second-order valence-electron chi connectivity index (χ2n) is 9.27. The fourth-order valence-corrected chi connectivity index (χ4v) is 5.51. The molecule has 0 atom stereocenters. The average Bonchev–Trinajstić information content (AvgIpc) is 3.33. The minimum atomic E-state index is -3.59. The Kier molecular flexibility index (Phi) is 9.03. The van der Waals surface area contributed by atoms with Crippen LogP contribution in [-0.2, 0) is 21.4 Å². The van der Waals surface area contributed by atoms with Gasteiger partial charge in [-0.05, 0) is 73.5 Å². The number of nitrogens with one attached hydrogen (secondary N) is 2. The summed E-state index contributed by atoms with van der Waals surface area (Å²) in [6, 6.07) is 21.0. The van der Waals surface area contributed by atoms with E-state index < -0.39 is 10.0 Å². The molecule has 4 aromatic rings. The molecular formula is C28H30N6O4S2. The summed E-state index contributed by atoms with van der Waals surface area (Å²) in [5, 5.41) is 14.8. The van der Waals surface area contributed by atoms with Gasteiger partial charge < -0.3 is 10.6 Å². The number of carbonyl (C=O) groups is 2. The molecule has 0 aliphatic rings. The molecule has 1 aromatic heterocycles. The molecule has 12 heteroatoms. The first-order valence-corrected chi connectivity index (χ1v) is 14.8. The van der Waals surface area contributed by atoms with Gasteiger partial charge in [-0.25, -0.2) is 12.7 Å². The maximum Gasteiger partial charge on any atom is 0.251 e. The van der Waals surface area contributed by atoms with Crippen molar-refractivity contribution in [3.8, 4) is 5.69 Å². The molecule has 3 aromatic carbocycles. The standard InChI is InChI=1S/C28H30N6O4S2/c1-19-7-5-9-22(15-19)30-26(35)18-39-28-32-31-25(34(28)23-10-6-8-20(2)16-23)17-29-27(36)21-11-13-24(14-12-21)40(37,38)33(3)4/h5-16H,17-18H2,1-4H3,(H,29,36)(H,30,35). The van der Waals surface area contributed by atoms with Gasteiger partial charge in [-0.15, -0.1) is 10.2 Å². The topological polar surface area (TPSA) is 126 Å². The minimum Gasteiger partial charge on any atom is -0.345 e. The van der Waals surface area contributed by atoms with Crippen molar-refractivity contribution in [2.45, 2.75) is 30.4 Å². The zero-order valence-corrected chi connectivity index (χ0v) is 24.2. The number of anilines is 1. The largest absolute Gasteiger partial charge is 0.345 e. The molecule has 40 heavy (non-hydrogen) atoms. The lowest BCUT2D eigenvalue weighted by Crippen LogP contribution is -2.25. The van der Waals surface area contributed by atoms with Gasteiger partial charge in [-0.1, -0.05) is 36.0 Å². The van der Waals surface area contributed by atoms with E-state index in [9.17, 15) is 18.0 Å². The zero-order valence-electron chi connectivity index (χ0n) is 22.6. The molecule has 0 saturated carbocycles. The average molecular weight is 579 g/mol. The molecule has 2 N–H and O–H groups in total. The van der Waals surface area contributed by atoms with Crippen LogP contribution in [0.2, 0.25) is 0 Å². The van der Waals surface area contributed by atoms with Crippen molar-refractivity contribution in [1.82, 2.24) is 24.4 Å². The number of sulfonamides is 1. The third-order valence-corrected chi connectivity index (χ3v) is 8.65. The molecule has 0 unspecified atom stereocenters. The van der Waals surface area contributed by atoms with E-state index in [0.717, 1.165) is 26.8 Å². The number of nitrogens with zero attached hydrogens (tertiary/aromatic N) is 4. The number of aryl methyl sites for hydroxylation is 2. The normalized spacial score (nSPS) is 11.4. The smallest absolute Gasteiger partial charge is 0.251 e. The number of hydrogen-bond acceptors (Lipinski definition) is 7. The van der Waals surface area contributed by atoms with E-state index >= 15 is 0 Å². The van der Waals surface area contributed by atoms with E-state index in [4.69, 9.17) is 0 Å². The van der Waals surface area contributed by atoms with E-state index in [0.29, 0.717) is 16.5 Å². The van der Waals surface area contributed by atoms with Crippen LogP contribution >= 0.6 is 11.8 Å². The lowest BCUT2D eigenvalue weighted by Gasteiger charge is -2.13. The van der Waals surface area contributed by atoms with Gasteiger partial charge in [0.25, 0.3) is 5.91 Å². The number of amides is 2. The van der Waals surface area contributed by atoms with Gasteiger partial charge in [0.05, 0.1) is 17.2 Å². The van der Waals surface area contributed by atoms with Crippen LogP contribution in [0.25, 0.3) is 5.69 Å². The predicted molar refractivity (Wildman–Crippen MR) is 155 cm³/mol. The fourth-order valence-electron chi connectivity index (χ4n) is 3.84. The number of aromatic nitrogens is 3. The lowest BCUT2D eigenvalue weighted by atomic mass is 10.2. The highest BCUT2D eigenvalue weighted by Gasteiger charge is 2.19. The van der Waals surface area contributed by atoms with Gasteiger partial charge in [0.2, 0.25) is 15.9 Å². The van der Waals surface area contributed by atoms with Crippen LogP contribution in [0.5, 0.6) is 0 Å². The Morgan fingerprint density at radius 3 is 2.25 bits per heavy atom. The first kappa shape index (κ1) is 29.0. The Morgan fingerprint density at radius 1 is 0.925 bits per heavy atom. The van der Waals surface area contributed by atoms with E-state index in [2.05, 4.69) is 20.8 Å². The quantitative estimate of drug-likeness (QED) is 0.274. The van der Waals surface area contributed by atoms with Crippen molar-refractivity contribution >= 4 is 39.3 Å². The summed E-state index contributed by atoms with van der Waals surface area (Å²) in [4.78, 5) is 25.6. The number of carbonyl (C=O) groups excluding carboxylic acids is 2. The van der Waals surface area contributed by atoms with Crippen LogP contribution < -0.4 is 10.6 Å². The molecule has 0 fully saturated rings. The molecule has 208 valence electrons. The summed E-state index contributed by atoms with van der Waals surface area (Å²) in [7, 11) is -0.698. The Labute approximate surface area is 237 Å². The minimum absolute atomic E-state index is 0.0631. The molecule has 1 heterocycles. The van der Waals surface area contributed by atoms with E-state index in [-0.39, 0.29) is 29.0 Å². The molecule has 0 aliphatic carbocycles. The number of thioether (sulfide) groups is 1. The second-order valence-corrected chi connectivity index (χ2v) is 12.4. The van der Waals surface area contributed by atoms with Gasteiger partial charge in [0, 0.05) is 31.0 Å². The first-order chi connectivity index (χ1) is 19.0. The van der Waals surface area contributed by atoms with Crippen LogP contribution in [-0.4, -0.2) is 59.2 Å². The summed E-state index contributed by atoms with van der Waals surface area (Å²) in [5.41, 5.74) is 3.91. The van der Waals surface area contributed by atoms with Crippen LogP contribution in [0.4, 0.5) is 5.69 Å². The van der Waals surface area contributed by atoms with Crippen molar-refractivity contribution in [2.24, 2.45) is 0 Å². The molecular weight excluding hydrogens is 548 g/mol. The van der Waals surface area contributed by atoms with Gasteiger partial charge in [-0.3, -0.25) is 14.2 Å². The van der Waals surface area contributed by atoms with Crippen molar-refractivity contribution < 1.29 is 18.0 Å². The van der Waals surface area contributed by atoms with Gasteiger partial charge in [0.15, 0.2) is 11.0 Å². The maximum absolute atomic E-state index is 12.8. The van der Waals surface area contributed by atoms with Crippen LogP contribution in [0.3, 0.4) is 0 Å². The van der Waals surface area contributed by atoms with Crippen molar-refractivity contribution in [3.63, 3.8) is 0 Å². The van der Waals surface area contributed by atoms with E-state index in [1.165, 1.54) is 50.1 Å². The third kappa shape index (κ3) is 6.95. The summed E-state index contributed by atoms with van der Waals surface area (Å²) in [6.07, 6.45) is 0. The van der Waals surface area contributed by atoms with Crippen molar-refractivity contribution in [3.05, 3.63) is 95.3 Å². The molecule has 10 nitrogen and oxygen atoms in total. The highest BCUT2D eigenvalue weighted by molar-refractivity contribution is 7.99. The van der Waals surface area contributed by atoms with Crippen LogP contribution in [0.15, 0.2) is 82.8 Å². The monoisotopic (exact) mass is 578 g/mol. The van der Waals surface area contributed by atoms with E-state index in [1.54, 1.807) is 0 Å². The van der Waals surface area contributed by atoms with Crippen LogP contribution in [0, 0.1) is 13.8 Å². The van der Waals surface area contributed by atoms with Gasteiger partial charge >= 0.3 is 0 Å². The molecule has 0 saturated heterocycles. The number of benzene rings is 3. The number of rotatable bonds is 10. The second kappa shape index (κ2) is 12.5. The summed E-state index contributed by atoms with van der Waals surface area (Å²) in [6.45, 7) is 3.99. The van der Waals surface area contributed by atoms with Crippen molar-refractivity contribution in [2.75, 3.05) is 25.2 Å². The lowest BCUT2D eigenvalue weighted by molar-refractivity contribution is -0.113. The number of hydrogen-bond donors (Lipinski definition) is 2. The predicted octanol–water partition coefficient (Wildman–Crippen LogP) is 3.80. The Bertz CT molecular complexity index is 1630. The third-order valence-electron chi connectivity index (χ3n) is 5.90. The first-order valence-electron chi connectivity index (χ1n) is 12.4.